The van der Waals surface area contributed by atoms with Gasteiger partial charge in [0.1, 0.15) is 18.1 Å². The van der Waals surface area contributed by atoms with Crippen molar-refractivity contribution in [3.05, 3.63) is 71.0 Å². The fraction of sp³-hybridized carbons (Fsp3) is 0.238. The van der Waals surface area contributed by atoms with Gasteiger partial charge in [-0.2, -0.15) is 10.1 Å². The summed E-state index contributed by atoms with van der Waals surface area (Å²) in [5, 5.41) is 4.44. The molecule has 0 radical (unpaired) electrons. The van der Waals surface area contributed by atoms with E-state index in [2.05, 4.69) is 20.1 Å². The molecule has 0 aliphatic rings. The van der Waals surface area contributed by atoms with Gasteiger partial charge >= 0.3 is 0 Å². The van der Waals surface area contributed by atoms with Crippen molar-refractivity contribution >= 4 is 0 Å². The van der Waals surface area contributed by atoms with E-state index >= 15 is 0 Å². The van der Waals surface area contributed by atoms with Gasteiger partial charge in [-0.1, -0.05) is 18.2 Å². The van der Waals surface area contributed by atoms with Crippen molar-refractivity contribution in [1.82, 2.24) is 24.7 Å². The van der Waals surface area contributed by atoms with E-state index in [-0.39, 0.29) is 6.61 Å². The number of aryl methyl sites for hydroxylation is 4. The highest BCUT2D eigenvalue weighted by Gasteiger charge is 2.14. The average molecular weight is 375 g/mol. The number of hydrogen-bond donors (Lipinski definition) is 0. The molecule has 0 atom stereocenters. The fourth-order valence-electron chi connectivity index (χ4n) is 2.93. The largest absolute Gasteiger partial charge is 0.471 e. The third-order valence-corrected chi connectivity index (χ3v) is 4.29. The van der Waals surface area contributed by atoms with Gasteiger partial charge in [-0.25, -0.2) is 14.6 Å². The van der Waals surface area contributed by atoms with Gasteiger partial charge in [0.2, 0.25) is 11.8 Å². The fourth-order valence-corrected chi connectivity index (χ4v) is 2.93. The first-order chi connectivity index (χ1) is 13.5. The monoisotopic (exact) mass is 375 g/mol. The molecule has 0 unspecified atom stereocenters. The molecule has 3 aromatic heterocycles. The molecule has 4 rings (SSSR count). The topological polar surface area (TPSA) is 78.9 Å². The first-order valence-electron chi connectivity index (χ1n) is 9.03. The number of oxazole rings is 1. The van der Waals surface area contributed by atoms with Crippen LogP contribution in [0, 0.1) is 27.7 Å². The first kappa shape index (κ1) is 17.9. The minimum Gasteiger partial charge on any atom is -0.471 e. The second-order valence-corrected chi connectivity index (χ2v) is 6.66. The highest BCUT2D eigenvalue weighted by Crippen LogP contribution is 2.22. The molecule has 7 heteroatoms. The van der Waals surface area contributed by atoms with Crippen molar-refractivity contribution in [3.8, 4) is 23.3 Å². The van der Waals surface area contributed by atoms with Crippen LogP contribution in [-0.4, -0.2) is 24.7 Å². The number of ether oxygens (including phenoxy) is 1. The van der Waals surface area contributed by atoms with E-state index in [0.717, 1.165) is 34.1 Å². The Labute approximate surface area is 163 Å². The molecule has 0 bridgehead atoms. The third-order valence-electron chi connectivity index (χ3n) is 4.29. The molecule has 0 fully saturated rings. The van der Waals surface area contributed by atoms with Crippen molar-refractivity contribution in [2.45, 2.75) is 34.3 Å². The van der Waals surface area contributed by atoms with E-state index in [1.54, 1.807) is 10.7 Å². The first-order valence-corrected chi connectivity index (χ1v) is 9.03. The number of benzene rings is 1. The van der Waals surface area contributed by atoms with Crippen molar-refractivity contribution in [2.75, 3.05) is 0 Å². The number of rotatable bonds is 5. The molecule has 0 saturated heterocycles. The van der Waals surface area contributed by atoms with Crippen LogP contribution < -0.4 is 4.74 Å². The molecule has 7 nitrogen and oxygen atoms in total. The van der Waals surface area contributed by atoms with Gasteiger partial charge < -0.3 is 9.15 Å². The summed E-state index contributed by atoms with van der Waals surface area (Å²) in [6, 6.07) is 13.6. The van der Waals surface area contributed by atoms with E-state index in [9.17, 15) is 0 Å². The predicted molar refractivity (Wildman–Crippen MR) is 104 cm³/mol. The Morgan fingerprint density at radius 2 is 1.71 bits per heavy atom. The summed E-state index contributed by atoms with van der Waals surface area (Å²) in [5.41, 5.74) is 4.35. The highest BCUT2D eigenvalue weighted by atomic mass is 16.5. The number of hydrogen-bond acceptors (Lipinski definition) is 6. The van der Waals surface area contributed by atoms with Gasteiger partial charge in [-0.05, 0) is 45.9 Å². The molecule has 4 aromatic rings. The van der Waals surface area contributed by atoms with Crippen molar-refractivity contribution in [2.24, 2.45) is 0 Å². The standard InChI is InChI=1S/C21H21N5O2/c1-13-11-19(24-21(22-13)26-15(3)10-14(2)25-26)27-12-18-16(4)28-20(23-18)17-8-6-5-7-9-17/h5-11H,12H2,1-4H3. The van der Waals surface area contributed by atoms with Crippen molar-refractivity contribution < 1.29 is 9.15 Å². The minimum atomic E-state index is 0.259. The zero-order valence-corrected chi connectivity index (χ0v) is 16.3. The van der Waals surface area contributed by atoms with Crippen LogP contribution in [0.5, 0.6) is 5.88 Å². The predicted octanol–water partition coefficient (Wildman–Crippen LogP) is 4.13. The van der Waals surface area contributed by atoms with E-state index < -0.39 is 0 Å². The molecule has 1 aromatic carbocycles. The lowest BCUT2D eigenvalue weighted by Gasteiger charge is -2.08. The van der Waals surface area contributed by atoms with E-state index in [0.29, 0.717) is 17.7 Å². The normalized spacial score (nSPS) is 11.0. The second-order valence-electron chi connectivity index (χ2n) is 6.66. The SMILES string of the molecule is Cc1cc(OCc2nc(-c3ccccc3)oc2C)nc(-n2nc(C)cc2C)n1. The Bertz CT molecular complexity index is 1120. The maximum atomic E-state index is 5.90. The summed E-state index contributed by atoms with van der Waals surface area (Å²) < 4.78 is 13.4. The molecule has 0 amide bonds. The summed E-state index contributed by atoms with van der Waals surface area (Å²) in [4.78, 5) is 13.5. The van der Waals surface area contributed by atoms with Crippen molar-refractivity contribution in [3.63, 3.8) is 0 Å². The van der Waals surface area contributed by atoms with E-state index in [4.69, 9.17) is 9.15 Å². The zero-order chi connectivity index (χ0) is 19.7. The van der Waals surface area contributed by atoms with Gasteiger partial charge in [0.05, 0.1) is 5.69 Å². The van der Waals surface area contributed by atoms with Crippen LogP contribution in [0.15, 0.2) is 46.9 Å². The van der Waals surface area contributed by atoms with Gasteiger partial charge in [-0.3, -0.25) is 0 Å². The molecule has 0 N–H and O–H groups in total. The highest BCUT2D eigenvalue weighted by molar-refractivity contribution is 5.53. The van der Waals surface area contributed by atoms with Crippen LogP contribution in [0.2, 0.25) is 0 Å². The van der Waals surface area contributed by atoms with Crippen LogP contribution in [0.25, 0.3) is 17.4 Å². The van der Waals surface area contributed by atoms with Crippen LogP contribution in [0.4, 0.5) is 0 Å². The zero-order valence-electron chi connectivity index (χ0n) is 16.3. The molecule has 0 spiro atoms. The number of nitrogens with zero attached hydrogens (tertiary/aromatic N) is 5. The quantitative estimate of drug-likeness (QED) is 0.522. The average Bonchev–Trinajstić information content (AvgIpc) is 3.22. The molecule has 0 aliphatic carbocycles. The Kier molecular flexibility index (Phi) is 4.65. The van der Waals surface area contributed by atoms with Crippen molar-refractivity contribution in [1.29, 1.82) is 0 Å². The maximum Gasteiger partial charge on any atom is 0.254 e. The van der Waals surface area contributed by atoms with Gasteiger partial charge in [-0.15, -0.1) is 0 Å². The molecule has 0 aliphatic heterocycles. The van der Waals surface area contributed by atoms with Crippen LogP contribution >= 0.6 is 0 Å². The lowest BCUT2D eigenvalue weighted by atomic mass is 10.2. The Morgan fingerprint density at radius 3 is 2.43 bits per heavy atom. The van der Waals surface area contributed by atoms with Crippen LogP contribution in [-0.2, 0) is 6.61 Å². The van der Waals surface area contributed by atoms with E-state index in [1.165, 1.54) is 0 Å². The molecule has 142 valence electrons. The van der Waals surface area contributed by atoms with Gasteiger partial charge in [0.15, 0.2) is 0 Å². The van der Waals surface area contributed by atoms with E-state index in [1.807, 2.05) is 64.1 Å². The second kappa shape index (κ2) is 7.26. The molecule has 0 saturated carbocycles. The van der Waals surface area contributed by atoms with Crippen LogP contribution in [0.1, 0.15) is 28.5 Å². The molecular formula is C21H21N5O2. The Balaban J connectivity index is 1.56. The Hall–Kier alpha value is -3.48. The molecule has 28 heavy (non-hydrogen) atoms. The summed E-state index contributed by atoms with van der Waals surface area (Å²) in [6.45, 7) is 7.95. The number of aromatic nitrogens is 5. The Morgan fingerprint density at radius 1 is 0.929 bits per heavy atom. The summed E-state index contributed by atoms with van der Waals surface area (Å²) in [5.74, 6) is 2.27. The van der Waals surface area contributed by atoms with Gasteiger partial charge in [0, 0.05) is 23.0 Å². The maximum absolute atomic E-state index is 5.90. The minimum absolute atomic E-state index is 0.259. The lowest BCUT2D eigenvalue weighted by molar-refractivity contribution is 0.286. The summed E-state index contributed by atoms with van der Waals surface area (Å²) in [7, 11) is 0. The lowest BCUT2D eigenvalue weighted by Crippen LogP contribution is -2.08. The third kappa shape index (κ3) is 3.64. The summed E-state index contributed by atoms with van der Waals surface area (Å²) in [6.07, 6.45) is 0. The molecule has 3 heterocycles. The van der Waals surface area contributed by atoms with Gasteiger partial charge in [0.25, 0.3) is 5.95 Å². The summed E-state index contributed by atoms with van der Waals surface area (Å²) >= 11 is 0. The van der Waals surface area contributed by atoms with Crippen LogP contribution in [0.3, 0.4) is 0 Å². The molecular weight excluding hydrogens is 354 g/mol. The smallest absolute Gasteiger partial charge is 0.254 e.